The SMILES string of the molecule is NC1(C#CCl)[C@@H](O)[C@@H](COP(=O)(O)OP(=O)(O)OP(=O)(O)O)O[C@H]1n1cnc(=O)[nH]c1=O. The minimum atomic E-state index is -5.78. The van der Waals surface area contributed by atoms with Gasteiger partial charge in [0.1, 0.15) is 18.5 Å². The van der Waals surface area contributed by atoms with E-state index in [1.165, 1.54) is 0 Å². The molecule has 1 aromatic rings. The molecule has 0 bridgehead atoms. The van der Waals surface area contributed by atoms with Crippen molar-refractivity contribution in [1.82, 2.24) is 14.5 Å². The van der Waals surface area contributed by atoms with E-state index in [9.17, 15) is 33.3 Å². The molecule has 18 nitrogen and oxygen atoms in total. The lowest BCUT2D eigenvalue weighted by Gasteiger charge is -2.27. The summed E-state index contributed by atoms with van der Waals surface area (Å²) in [4.78, 5) is 63.9. The van der Waals surface area contributed by atoms with Crippen LogP contribution in [0.1, 0.15) is 6.23 Å². The zero-order chi connectivity index (χ0) is 24.5. The number of aromatic nitrogens is 3. The molecule has 1 saturated heterocycles. The molecule has 32 heavy (non-hydrogen) atoms. The maximum atomic E-state index is 12.0. The van der Waals surface area contributed by atoms with Gasteiger partial charge >= 0.3 is 34.8 Å². The van der Waals surface area contributed by atoms with Gasteiger partial charge < -0.3 is 35.2 Å². The molecular formula is C10H14ClN4O14P3. The van der Waals surface area contributed by atoms with Crippen molar-refractivity contribution in [3.05, 3.63) is 27.3 Å². The van der Waals surface area contributed by atoms with Crippen molar-refractivity contribution >= 4 is 35.1 Å². The van der Waals surface area contributed by atoms with Crippen molar-refractivity contribution < 1.29 is 56.3 Å². The third-order valence-electron chi connectivity index (χ3n) is 3.64. The number of nitrogens with two attached hydrogens (primary N) is 1. The number of phosphoric ester groups is 1. The number of aliphatic hydroxyl groups excluding tert-OH is 1. The molecule has 0 amide bonds. The molecule has 0 radical (unpaired) electrons. The largest absolute Gasteiger partial charge is 0.490 e. The summed E-state index contributed by atoms with van der Waals surface area (Å²) in [5.74, 6) is 2.18. The summed E-state index contributed by atoms with van der Waals surface area (Å²) in [6.45, 7) is -1.10. The van der Waals surface area contributed by atoms with Gasteiger partial charge in [0.2, 0.25) is 0 Å². The van der Waals surface area contributed by atoms with Crippen LogP contribution in [0.25, 0.3) is 0 Å². The predicted octanol–water partition coefficient (Wildman–Crippen LogP) is -2.57. The Bertz CT molecular complexity index is 1190. The molecule has 0 aliphatic carbocycles. The van der Waals surface area contributed by atoms with Crippen LogP contribution >= 0.6 is 35.1 Å². The molecule has 3 unspecified atom stereocenters. The Kier molecular flexibility index (Phi) is 8.06. The molecule has 0 aromatic carbocycles. The highest BCUT2D eigenvalue weighted by Gasteiger charge is 2.55. The van der Waals surface area contributed by atoms with Gasteiger partial charge in [-0.2, -0.15) is 13.6 Å². The highest BCUT2D eigenvalue weighted by Crippen LogP contribution is 2.66. The fraction of sp³-hybridized carbons (Fsp3) is 0.500. The third kappa shape index (κ3) is 6.64. The molecule has 0 saturated carbocycles. The molecule has 8 N–H and O–H groups in total. The van der Waals surface area contributed by atoms with E-state index in [0.717, 1.165) is 0 Å². The van der Waals surface area contributed by atoms with Crippen molar-refractivity contribution in [3.63, 3.8) is 0 Å². The molecule has 1 aliphatic rings. The normalized spacial score (nSPS) is 29.5. The maximum Gasteiger partial charge on any atom is 0.490 e. The van der Waals surface area contributed by atoms with Gasteiger partial charge in [0.05, 0.1) is 6.61 Å². The number of phosphoric acid groups is 3. The quantitative estimate of drug-likeness (QED) is 0.131. The molecule has 1 aliphatic heterocycles. The highest BCUT2D eigenvalue weighted by molar-refractivity contribution is 7.66. The summed E-state index contributed by atoms with van der Waals surface area (Å²) in [7, 11) is -16.9. The Morgan fingerprint density at radius 2 is 1.88 bits per heavy atom. The molecule has 6 atom stereocenters. The Labute approximate surface area is 181 Å². The maximum absolute atomic E-state index is 12.0. The smallest absolute Gasteiger partial charge is 0.387 e. The van der Waals surface area contributed by atoms with Crippen molar-refractivity contribution in [2.24, 2.45) is 5.73 Å². The molecule has 2 heterocycles. The summed E-state index contributed by atoms with van der Waals surface area (Å²) >= 11 is 5.34. The Morgan fingerprint density at radius 1 is 1.25 bits per heavy atom. The van der Waals surface area contributed by atoms with Gasteiger partial charge in [0.25, 0.3) is 0 Å². The summed E-state index contributed by atoms with van der Waals surface area (Å²) in [6, 6.07) is 0. The lowest BCUT2D eigenvalue weighted by atomic mass is 9.92. The van der Waals surface area contributed by atoms with E-state index < -0.39 is 65.4 Å². The number of hydrogen-bond acceptors (Lipinski definition) is 12. The van der Waals surface area contributed by atoms with Gasteiger partial charge in [-0.1, -0.05) is 5.92 Å². The zero-order valence-corrected chi connectivity index (χ0v) is 18.6. The van der Waals surface area contributed by atoms with Crippen molar-refractivity contribution in [1.29, 1.82) is 0 Å². The van der Waals surface area contributed by atoms with Crippen LogP contribution in [0, 0.1) is 11.3 Å². The minimum absolute atomic E-state index is 0.622. The van der Waals surface area contributed by atoms with Crippen molar-refractivity contribution in [2.75, 3.05) is 6.61 Å². The second-order valence-corrected chi connectivity index (χ2v) is 10.5. The summed E-state index contributed by atoms with van der Waals surface area (Å²) in [5.41, 5.74) is 1.72. The summed E-state index contributed by atoms with van der Waals surface area (Å²) in [6.07, 6.45) is -4.51. The van der Waals surface area contributed by atoms with Crippen LogP contribution in [0.2, 0.25) is 0 Å². The zero-order valence-electron chi connectivity index (χ0n) is 15.1. The number of H-pyrrole nitrogens is 1. The van der Waals surface area contributed by atoms with Crippen LogP contribution in [0.15, 0.2) is 15.9 Å². The van der Waals surface area contributed by atoms with E-state index in [2.05, 4.69) is 24.0 Å². The first kappa shape index (κ1) is 27.0. The predicted molar refractivity (Wildman–Crippen MR) is 99.4 cm³/mol. The van der Waals surface area contributed by atoms with E-state index in [1.54, 1.807) is 4.98 Å². The van der Waals surface area contributed by atoms with Crippen LogP contribution in [-0.2, 0) is 31.6 Å². The minimum Gasteiger partial charge on any atom is -0.387 e. The van der Waals surface area contributed by atoms with Gasteiger partial charge in [-0.15, -0.1) is 0 Å². The monoisotopic (exact) mass is 542 g/mol. The number of ether oxygens (including phenoxy) is 1. The van der Waals surface area contributed by atoms with Crippen molar-refractivity contribution in [3.8, 4) is 11.3 Å². The fourth-order valence-electron chi connectivity index (χ4n) is 2.44. The van der Waals surface area contributed by atoms with Crippen LogP contribution in [0.4, 0.5) is 0 Å². The number of aliphatic hydroxyl groups is 1. The second-order valence-electron chi connectivity index (χ2n) is 5.90. The van der Waals surface area contributed by atoms with Gasteiger partial charge in [0, 0.05) is 5.38 Å². The number of nitrogens with one attached hydrogen (secondary N) is 1. The van der Waals surface area contributed by atoms with E-state index in [0.29, 0.717) is 10.9 Å². The third-order valence-corrected chi connectivity index (χ3v) is 7.53. The Hall–Kier alpha value is -1.25. The number of nitrogens with zero attached hydrogens (tertiary/aromatic N) is 2. The molecule has 0 spiro atoms. The average molecular weight is 543 g/mol. The molecular weight excluding hydrogens is 528 g/mol. The molecule has 1 aromatic heterocycles. The lowest BCUT2D eigenvalue weighted by Crippen LogP contribution is -2.55. The van der Waals surface area contributed by atoms with Crippen LogP contribution in [0.5, 0.6) is 0 Å². The average Bonchev–Trinajstić information content (AvgIpc) is 2.82. The standard InChI is InChI=1S/C10H14ClN4O14P3/c11-2-1-10(12)6(16)5(27-7(10)15-4-13-8(17)14-9(15)18)3-26-31(22,23)29-32(24,25)28-30(19,20)21/h4-7,16H,3,12H2,(H,22,23)(H,24,25)(H,14,17,18)(H2,19,20,21)/t5-,6+,7-,10?/m1/s1. The van der Waals surface area contributed by atoms with Gasteiger partial charge in [-0.25, -0.2) is 23.3 Å². The van der Waals surface area contributed by atoms with Gasteiger partial charge in [0.15, 0.2) is 11.8 Å². The van der Waals surface area contributed by atoms with E-state index in [-0.39, 0.29) is 0 Å². The summed E-state index contributed by atoms with van der Waals surface area (Å²) < 4.78 is 51.2. The molecule has 180 valence electrons. The van der Waals surface area contributed by atoms with E-state index >= 15 is 0 Å². The van der Waals surface area contributed by atoms with E-state index in [1.807, 2.05) is 5.38 Å². The van der Waals surface area contributed by atoms with Gasteiger partial charge in [-0.05, 0) is 11.6 Å². The molecule has 22 heteroatoms. The first-order valence-corrected chi connectivity index (χ1v) is 12.6. The van der Waals surface area contributed by atoms with Crippen LogP contribution in [0.3, 0.4) is 0 Å². The first-order chi connectivity index (χ1) is 14.5. The molecule has 2 rings (SSSR count). The Balaban J connectivity index is 2.24. The van der Waals surface area contributed by atoms with Crippen LogP contribution < -0.4 is 17.1 Å². The highest BCUT2D eigenvalue weighted by atomic mass is 35.5. The van der Waals surface area contributed by atoms with E-state index in [4.69, 9.17) is 36.8 Å². The second kappa shape index (κ2) is 9.55. The van der Waals surface area contributed by atoms with Crippen molar-refractivity contribution in [2.45, 2.75) is 24.0 Å². The lowest BCUT2D eigenvalue weighted by molar-refractivity contribution is -0.0472. The topological polar surface area (TPSA) is 283 Å². The number of hydrogen-bond donors (Lipinski definition) is 7. The Morgan fingerprint density at radius 3 is 2.41 bits per heavy atom. The summed E-state index contributed by atoms with van der Waals surface area (Å²) in [5, 5.41) is 12.3. The fourth-order valence-corrected chi connectivity index (χ4v) is 5.64. The molecule has 1 fully saturated rings. The van der Waals surface area contributed by atoms with Gasteiger partial charge in [-0.3, -0.25) is 14.1 Å². The number of aromatic amines is 1. The van der Waals surface area contributed by atoms with Crippen LogP contribution in [-0.4, -0.2) is 63.6 Å². The number of halogens is 1. The number of rotatable bonds is 8. The first-order valence-electron chi connectivity index (χ1n) is 7.71.